The van der Waals surface area contributed by atoms with E-state index in [-0.39, 0.29) is 29.8 Å². The van der Waals surface area contributed by atoms with Gasteiger partial charge < -0.3 is 5.11 Å². The van der Waals surface area contributed by atoms with Crippen molar-refractivity contribution in [3.05, 3.63) is 35.1 Å². The second kappa shape index (κ2) is 5.39. The lowest BCUT2D eigenvalue weighted by molar-refractivity contribution is 0.00981. The normalized spacial score (nSPS) is 35.7. The average molecular weight is 318 g/mol. The molecule has 21 heavy (non-hydrogen) atoms. The Morgan fingerprint density at radius 2 is 1.71 bits per heavy atom. The molecule has 116 valence electrons. The van der Waals surface area contributed by atoms with E-state index in [0.717, 1.165) is 31.4 Å². The molecule has 0 spiro atoms. The predicted molar refractivity (Wildman–Crippen MR) is 73.8 cm³/mol. The van der Waals surface area contributed by atoms with Gasteiger partial charge in [-0.2, -0.15) is 0 Å². The largest absolute Gasteiger partial charge is 0.389 e. The van der Waals surface area contributed by atoms with E-state index < -0.39 is 39.4 Å². The van der Waals surface area contributed by atoms with Crippen molar-refractivity contribution >= 4 is 10.8 Å². The predicted octanol–water partition coefficient (Wildman–Crippen LogP) is 2.84. The lowest BCUT2D eigenvalue weighted by Gasteiger charge is -2.43. The summed E-state index contributed by atoms with van der Waals surface area (Å²) < 4.78 is 52.9. The van der Waals surface area contributed by atoms with Gasteiger partial charge in [-0.3, -0.25) is 4.21 Å². The third-order valence-corrected chi connectivity index (χ3v) is 6.69. The Labute approximate surface area is 123 Å². The maximum absolute atomic E-state index is 13.8. The van der Waals surface area contributed by atoms with Crippen LogP contribution in [-0.4, -0.2) is 25.4 Å². The van der Waals surface area contributed by atoms with Gasteiger partial charge in [0, 0.05) is 33.3 Å². The molecule has 2 atom stereocenters. The van der Waals surface area contributed by atoms with E-state index >= 15 is 0 Å². The molecule has 2 nitrogen and oxygen atoms in total. The molecule has 0 amide bonds. The van der Waals surface area contributed by atoms with Crippen LogP contribution in [0.4, 0.5) is 13.2 Å². The van der Waals surface area contributed by atoms with Crippen molar-refractivity contribution in [3.8, 4) is 0 Å². The molecule has 0 radical (unpaired) electrons. The van der Waals surface area contributed by atoms with Crippen LogP contribution in [0.2, 0.25) is 0 Å². The summed E-state index contributed by atoms with van der Waals surface area (Å²) in [5.41, 5.74) is -1.72. The minimum absolute atomic E-state index is 0.123. The van der Waals surface area contributed by atoms with Crippen LogP contribution in [0.5, 0.6) is 0 Å². The second-order valence-electron chi connectivity index (χ2n) is 6.13. The first-order valence-electron chi connectivity index (χ1n) is 7.14. The zero-order valence-corrected chi connectivity index (χ0v) is 12.3. The average Bonchev–Trinajstić information content (AvgIpc) is 2.42. The summed E-state index contributed by atoms with van der Waals surface area (Å²) in [6.07, 6.45) is 2.74. The lowest BCUT2D eigenvalue weighted by Crippen LogP contribution is -2.50. The van der Waals surface area contributed by atoms with E-state index in [4.69, 9.17) is 0 Å². The molecule has 0 aliphatic carbocycles. The Morgan fingerprint density at radius 3 is 2.33 bits per heavy atom. The zero-order valence-electron chi connectivity index (χ0n) is 11.4. The minimum Gasteiger partial charge on any atom is -0.389 e. The van der Waals surface area contributed by atoms with E-state index in [2.05, 4.69) is 0 Å². The van der Waals surface area contributed by atoms with Crippen molar-refractivity contribution < 1.29 is 22.5 Å². The van der Waals surface area contributed by atoms with E-state index in [1.807, 2.05) is 0 Å². The first-order chi connectivity index (χ1) is 9.89. The highest BCUT2D eigenvalue weighted by Gasteiger charge is 2.46. The third-order valence-electron chi connectivity index (χ3n) is 4.57. The summed E-state index contributed by atoms with van der Waals surface area (Å²) in [6.45, 7) is 0. The Hall–Kier alpha value is -0.880. The SMILES string of the molecule is O=S1C2CCCC1CC(O)(Cc1c(F)ccc(F)c1F)C2. The summed E-state index contributed by atoms with van der Waals surface area (Å²) in [4.78, 5) is 0. The van der Waals surface area contributed by atoms with Crippen molar-refractivity contribution in [1.29, 1.82) is 0 Å². The number of benzene rings is 1. The fourth-order valence-corrected chi connectivity index (χ4v) is 5.87. The van der Waals surface area contributed by atoms with Crippen molar-refractivity contribution in [3.63, 3.8) is 0 Å². The van der Waals surface area contributed by atoms with Gasteiger partial charge in [0.25, 0.3) is 0 Å². The molecule has 1 N–H and O–H groups in total. The highest BCUT2D eigenvalue weighted by molar-refractivity contribution is 7.86. The van der Waals surface area contributed by atoms with Crippen LogP contribution < -0.4 is 0 Å². The molecule has 2 fully saturated rings. The summed E-state index contributed by atoms with van der Waals surface area (Å²) >= 11 is 0. The summed E-state index contributed by atoms with van der Waals surface area (Å²) in [5, 5.41) is 10.5. The maximum Gasteiger partial charge on any atom is 0.165 e. The Kier molecular flexibility index (Phi) is 3.86. The lowest BCUT2D eigenvalue weighted by atomic mass is 9.81. The van der Waals surface area contributed by atoms with Gasteiger partial charge in [-0.15, -0.1) is 0 Å². The van der Waals surface area contributed by atoms with Crippen molar-refractivity contribution in [1.82, 2.24) is 0 Å². The number of rotatable bonds is 2. The number of hydrogen-bond donors (Lipinski definition) is 1. The van der Waals surface area contributed by atoms with E-state index in [1.165, 1.54) is 0 Å². The standard InChI is InChI=1S/C15H17F3O2S/c16-12-4-5-13(17)14(18)11(12)8-15(19)6-9-2-1-3-10(7-15)21(9)20/h4-5,9-10,19H,1-3,6-8H2. The van der Waals surface area contributed by atoms with Gasteiger partial charge in [0.15, 0.2) is 11.6 Å². The Morgan fingerprint density at radius 1 is 1.14 bits per heavy atom. The smallest absolute Gasteiger partial charge is 0.165 e. The minimum atomic E-state index is -1.31. The summed E-state index contributed by atoms with van der Waals surface area (Å²) in [7, 11) is -0.977. The number of fused-ring (bicyclic) bond motifs is 2. The van der Waals surface area contributed by atoms with E-state index in [9.17, 15) is 22.5 Å². The molecule has 0 aromatic heterocycles. The second-order valence-corrected chi connectivity index (χ2v) is 8.12. The quantitative estimate of drug-likeness (QED) is 0.852. The number of hydrogen-bond acceptors (Lipinski definition) is 2. The van der Waals surface area contributed by atoms with Crippen molar-refractivity contribution in [2.45, 2.75) is 54.6 Å². The molecular weight excluding hydrogens is 301 g/mol. The van der Waals surface area contributed by atoms with E-state index in [1.54, 1.807) is 0 Å². The van der Waals surface area contributed by atoms with Crippen LogP contribution >= 0.6 is 0 Å². The maximum atomic E-state index is 13.8. The molecular formula is C15H17F3O2S. The van der Waals surface area contributed by atoms with Crippen LogP contribution in [0.15, 0.2) is 12.1 Å². The van der Waals surface area contributed by atoms with Crippen LogP contribution in [0.1, 0.15) is 37.7 Å². The summed E-state index contributed by atoms with van der Waals surface area (Å²) in [6, 6.07) is 1.61. The molecule has 2 aliphatic heterocycles. The molecule has 3 rings (SSSR count). The number of halogens is 3. The highest BCUT2D eigenvalue weighted by atomic mass is 32.2. The van der Waals surface area contributed by atoms with Gasteiger partial charge in [0.1, 0.15) is 5.82 Å². The molecule has 1 aromatic carbocycles. The molecule has 2 heterocycles. The van der Waals surface area contributed by atoms with Crippen molar-refractivity contribution in [2.24, 2.45) is 0 Å². The zero-order chi connectivity index (χ0) is 15.2. The van der Waals surface area contributed by atoms with Crippen molar-refractivity contribution in [2.75, 3.05) is 0 Å². The van der Waals surface area contributed by atoms with Crippen LogP contribution in [-0.2, 0) is 17.2 Å². The van der Waals surface area contributed by atoms with E-state index in [0.29, 0.717) is 0 Å². The Bertz CT molecular complexity index is 575. The highest BCUT2D eigenvalue weighted by Crippen LogP contribution is 2.41. The van der Waals surface area contributed by atoms with Crippen LogP contribution in [0.25, 0.3) is 0 Å². The first-order valence-corrected chi connectivity index (χ1v) is 8.41. The van der Waals surface area contributed by atoms with Gasteiger partial charge >= 0.3 is 0 Å². The molecule has 2 bridgehead atoms. The molecule has 2 unspecified atom stereocenters. The molecule has 0 saturated carbocycles. The topological polar surface area (TPSA) is 37.3 Å². The monoisotopic (exact) mass is 318 g/mol. The molecule has 1 aromatic rings. The fourth-order valence-electron chi connectivity index (χ4n) is 3.58. The third kappa shape index (κ3) is 2.75. The number of aliphatic hydroxyl groups is 1. The van der Waals surface area contributed by atoms with Crippen LogP contribution in [0.3, 0.4) is 0 Å². The van der Waals surface area contributed by atoms with Gasteiger partial charge in [0.05, 0.1) is 5.60 Å². The molecule has 6 heteroatoms. The fraction of sp³-hybridized carbons (Fsp3) is 0.600. The van der Waals surface area contributed by atoms with Gasteiger partial charge in [0.2, 0.25) is 0 Å². The van der Waals surface area contributed by atoms with Gasteiger partial charge in [-0.05, 0) is 37.8 Å². The Balaban J connectivity index is 1.88. The molecule has 2 aliphatic rings. The van der Waals surface area contributed by atoms with Crippen LogP contribution in [0, 0.1) is 17.5 Å². The summed E-state index contributed by atoms with van der Waals surface area (Å²) in [5.74, 6) is -3.20. The first kappa shape index (κ1) is 15.0. The van der Waals surface area contributed by atoms with Gasteiger partial charge in [-0.25, -0.2) is 13.2 Å². The van der Waals surface area contributed by atoms with Gasteiger partial charge in [-0.1, -0.05) is 6.42 Å². The molecule has 2 saturated heterocycles.